The fourth-order valence-electron chi connectivity index (χ4n) is 2.01. The van der Waals surface area contributed by atoms with Gasteiger partial charge in [0.25, 0.3) is 0 Å². The third kappa shape index (κ3) is 2.25. The topological polar surface area (TPSA) is 46.3 Å². The number of carbonyl (C=O) groups excluding carboxylic acids is 1. The molecule has 1 atom stereocenters. The highest BCUT2D eigenvalue weighted by Crippen LogP contribution is 2.22. The maximum Gasteiger partial charge on any atom is 0.224 e. The van der Waals surface area contributed by atoms with Crippen molar-refractivity contribution in [3.05, 3.63) is 35.4 Å². The molecule has 0 radical (unpaired) electrons. The molecule has 1 heterocycles. The minimum Gasteiger partial charge on any atom is -0.334 e. The summed E-state index contributed by atoms with van der Waals surface area (Å²) in [5, 5.41) is 0. The van der Waals surface area contributed by atoms with Gasteiger partial charge in [-0.05, 0) is 17.5 Å². The van der Waals surface area contributed by atoms with Crippen LogP contribution in [-0.2, 0) is 17.9 Å². The van der Waals surface area contributed by atoms with E-state index in [2.05, 4.69) is 12.1 Å². The van der Waals surface area contributed by atoms with Crippen LogP contribution in [0.1, 0.15) is 30.9 Å². The molecule has 0 saturated heterocycles. The maximum atomic E-state index is 11.9. The zero-order valence-electron chi connectivity index (χ0n) is 9.65. The minimum atomic E-state index is -0.00351. The molecule has 1 aromatic carbocycles. The van der Waals surface area contributed by atoms with Crippen LogP contribution < -0.4 is 5.73 Å². The van der Waals surface area contributed by atoms with Crippen molar-refractivity contribution in [2.24, 2.45) is 5.73 Å². The second-order valence-corrected chi connectivity index (χ2v) is 4.39. The van der Waals surface area contributed by atoms with Crippen LogP contribution in [0.4, 0.5) is 0 Å². The third-order valence-electron chi connectivity index (χ3n) is 3.15. The van der Waals surface area contributed by atoms with Crippen LogP contribution in [0, 0.1) is 0 Å². The van der Waals surface area contributed by atoms with Crippen molar-refractivity contribution < 1.29 is 4.79 Å². The normalized spacial score (nSPS) is 16.0. The lowest BCUT2D eigenvalue weighted by Gasteiger charge is -2.17. The molecular formula is C13H18N2O. The summed E-state index contributed by atoms with van der Waals surface area (Å²) in [7, 11) is 0. The molecule has 1 amide bonds. The second kappa shape index (κ2) is 4.66. The van der Waals surface area contributed by atoms with Crippen LogP contribution >= 0.6 is 0 Å². The van der Waals surface area contributed by atoms with Crippen molar-refractivity contribution in [3.63, 3.8) is 0 Å². The monoisotopic (exact) mass is 218 g/mol. The first-order chi connectivity index (χ1) is 7.70. The first-order valence-corrected chi connectivity index (χ1v) is 5.81. The largest absolute Gasteiger partial charge is 0.334 e. The average Bonchev–Trinajstić information content (AvgIpc) is 2.72. The fraction of sp³-hybridized carbons (Fsp3) is 0.462. The average molecular weight is 218 g/mol. The highest BCUT2D eigenvalue weighted by molar-refractivity contribution is 5.77. The van der Waals surface area contributed by atoms with Gasteiger partial charge in [0.05, 0.1) is 0 Å². The van der Waals surface area contributed by atoms with E-state index in [1.54, 1.807) is 0 Å². The van der Waals surface area contributed by atoms with E-state index >= 15 is 0 Å². The smallest absolute Gasteiger partial charge is 0.224 e. The van der Waals surface area contributed by atoms with E-state index in [9.17, 15) is 4.79 Å². The van der Waals surface area contributed by atoms with Crippen molar-refractivity contribution in [1.29, 1.82) is 0 Å². The van der Waals surface area contributed by atoms with Gasteiger partial charge in [0.1, 0.15) is 0 Å². The van der Waals surface area contributed by atoms with Crippen molar-refractivity contribution in [2.75, 3.05) is 0 Å². The number of benzene rings is 1. The summed E-state index contributed by atoms with van der Waals surface area (Å²) in [4.78, 5) is 13.8. The summed E-state index contributed by atoms with van der Waals surface area (Å²) in [6.07, 6.45) is 1.32. The number of carbonyl (C=O) groups is 1. The van der Waals surface area contributed by atoms with E-state index < -0.39 is 0 Å². The Morgan fingerprint density at radius 1 is 1.38 bits per heavy atom. The molecule has 3 nitrogen and oxygen atoms in total. The first kappa shape index (κ1) is 11.1. The number of fused-ring (bicyclic) bond motifs is 1. The molecule has 86 valence electrons. The van der Waals surface area contributed by atoms with Gasteiger partial charge in [-0.2, -0.15) is 0 Å². The van der Waals surface area contributed by atoms with Gasteiger partial charge in [0.2, 0.25) is 5.91 Å². The Morgan fingerprint density at radius 2 is 1.94 bits per heavy atom. The van der Waals surface area contributed by atoms with Gasteiger partial charge in [-0.3, -0.25) is 4.79 Å². The number of rotatable bonds is 3. The van der Waals surface area contributed by atoms with Gasteiger partial charge < -0.3 is 10.6 Å². The zero-order chi connectivity index (χ0) is 11.5. The van der Waals surface area contributed by atoms with E-state index in [1.165, 1.54) is 11.1 Å². The number of hydrogen-bond acceptors (Lipinski definition) is 2. The Labute approximate surface area is 96.2 Å². The first-order valence-electron chi connectivity index (χ1n) is 5.81. The van der Waals surface area contributed by atoms with Gasteiger partial charge in [0.15, 0.2) is 0 Å². The molecule has 0 spiro atoms. The Hall–Kier alpha value is -1.35. The standard InChI is InChI=1S/C13H18N2O/c1-2-12(14)7-13(16)15-8-10-5-3-4-6-11(10)9-15/h3-6,12H,2,7-9,14H2,1H3. The summed E-state index contributed by atoms with van der Waals surface area (Å²) < 4.78 is 0. The molecule has 2 N–H and O–H groups in total. The summed E-state index contributed by atoms with van der Waals surface area (Å²) in [6.45, 7) is 3.49. The number of nitrogens with zero attached hydrogens (tertiary/aromatic N) is 1. The van der Waals surface area contributed by atoms with Gasteiger partial charge >= 0.3 is 0 Å². The molecule has 1 aromatic rings. The minimum absolute atomic E-state index is 0.00351. The summed E-state index contributed by atoms with van der Waals surface area (Å²) in [6, 6.07) is 8.20. The van der Waals surface area contributed by atoms with Crippen molar-refractivity contribution in [3.8, 4) is 0 Å². The molecule has 0 fully saturated rings. The van der Waals surface area contributed by atoms with Gasteiger partial charge in [-0.25, -0.2) is 0 Å². The summed E-state index contributed by atoms with van der Waals surface area (Å²) >= 11 is 0. The van der Waals surface area contributed by atoms with Crippen LogP contribution in [0.5, 0.6) is 0 Å². The van der Waals surface area contributed by atoms with Crippen LogP contribution in [0.15, 0.2) is 24.3 Å². The van der Waals surface area contributed by atoms with Crippen LogP contribution in [0.3, 0.4) is 0 Å². The highest BCUT2D eigenvalue weighted by Gasteiger charge is 2.23. The highest BCUT2D eigenvalue weighted by atomic mass is 16.2. The van der Waals surface area contributed by atoms with E-state index in [-0.39, 0.29) is 11.9 Å². The van der Waals surface area contributed by atoms with Gasteiger partial charge in [-0.1, -0.05) is 31.2 Å². The van der Waals surface area contributed by atoms with Crippen LogP contribution in [-0.4, -0.2) is 16.8 Å². The molecule has 0 aromatic heterocycles. The molecule has 0 aliphatic carbocycles. The summed E-state index contributed by atoms with van der Waals surface area (Å²) in [5.41, 5.74) is 8.33. The van der Waals surface area contributed by atoms with Gasteiger partial charge in [0, 0.05) is 25.6 Å². The summed E-state index contributed by atoms with van der Waals surface area (Å²) in [5.74, 6) is 0.172. The Kier molecular flexibility index (Phi) is 3.25. The Morgan fingerprint density at radius 3 is 2.44 bits per heavy atom. The van der Waals surface area contributed by atoms with Crippen molar-refractivity contribution >= 4 is 5.91 Å². The quantitative estimate of drug-likeness (QED) is 0.838. The van der Waals surface area contributed by atoms with E-state index in [1.807, 2.05) is 24.0 Å². The Balaban J connectivity index is 1.98. The molecule has 1 aliphatic rings. The van der Waals surface area contributed by atoms with E-state index in [4.69, 9.17) is 5.73 Å². The van der Waals surface area contributed by atoms with E-state index in [0.29, 0.717) is 6.42 Å². The van der Waals surface area contributed by atoms with Crippen molar-refractivity contribution in [2.45, 2.75) is 38.9 Å². The second-order valence-electron chi connectivity index (χ2n) is 4.39. The fourth-order valence-corrected chi connectivity index (χ4v) is 2.01. The molecule has 3 heteroatoms. The SMILES string of the molecule is CCC(N)CC(=O)N1Cc2ccccc2C1. The molecule has 16 heavy (non-hydrogen) atoms. The molecular weight excluding hydrogens is 200 g/mol. The Bertz CT molecular complexity index is 364. The predicted molar refractivity (Wildman–Crippen MR) is 63.6 cm³/mol. The van der Waals surface area contributed by atoms with Crippen LogP contribution in [0.2, 0.25) is 0 Å². The van der Waals surface area contributed by atoms with Gasteiger partial charge in [-0.15, -0.1) is 0 Å². The predicted octanol–water partition coefficient (Wildman–Crippen LogP) is 1.66. The van der Waals surface area contributed by atoms with E-state index in [0.717, 1.165) is 19.5 Å². The third-order valence-corrected chi connectivity index (χ3v) is 3.15. The molecule has 2 rings (SSSR count). The lowest BCUT2D eigenvalue weighted by Crippen LogP contribution is -2.32. The maximum absolute atomic E-state index is 11.9. The molecule has 1 aliphatic heterocycles. The number of hydrogen-bond donors (Lipinski definition) is 1. The molecule has 0 saturated carbocycles. The lowest BCUT2D eigenvalue weighted by molar-refractivity contribution is -0.132. The lowest BCUT2D eigenvalue weighted by atomic mass is 10.1. The molecule has 0 bridgehead atoms. The number of nitrogens with two attached hydrogens (primary N) is 1. The van der Waals surface area contributed by atoms with Crippen molar-refractivity contribution in [1.82, 2.24) is 4.90 Å². The number of amides is 1. The molecule has 1 unspecified atom stereocenters. The van der Waals surface area contributed by atoms with Crippen LogP contribution in [0.25, 0.3) is 0 Å². The zero-order valence-corrected chi connectivity index (χ0v) is 9.65.